The molecule has 0 bridgehead atoms. The van der Waals surface area contributed by atoms with E-state index in [-0.39, 0.29) is 0 Å². The van der Waals surface area contributed by atoms with Gasteiger partial charge in [-0.05, 0) is 32.0 Å². The smallest absolute Gasteiger partial charge is 0.358 e. The highest BCUT2D eigenvalue weighted by Gasteiger charge is 2.14. The predicted molar refractivity (Wildman–Crippen MR) is 70.8 cm³/mol. The first-order valence-electron chi connectivity index (χ1n) is 6.04. The molecule has 1 heterocycles. The fourth-order valence-corrected chi connectivity index (χ4v) is 1.78. The number of carbonyl (C=O) groups is 1. The number of aryl methyl sites for hydroxylation is 1. The fourth-order valence-electron chi connectivity index (χ4n) is 1.78. The molecule has 0 radical (unpaired) electrons. The van der Waals surface area contributed by atoms with Gasteiger partial charge in [0.15, 0.2) is 5.69 Å². The molecule has 0 spiro atoms. The molecule has 1 aromatic carbocycles. The molecule has 100 valence electrons. The van der Waals surface area contributed by atoms with Gasteiger partial charge in [0.25, 0.3) is 0 Å². The van der Waals surface area contributed by atoms with E-state index in [0.29, 0.717) is 12.3 Å². The third-order valence-corrected chi connectivity index (χ3v) is 2.67. The third kappa shape index (κ3) is 2.76. The minimum absolute atomic E-state index is 0.308. The Labute approximate surface area is 111 Å². The van der Waals surface area contributed by atoms with Crippen molar-refractivity contribution in [3.05, 3.63) is 41.7 Å². The Morgan fingerprint density at radius 1 is 1.37 bits per heavy atom. The summed E-state index contributed by atoms with van der Waals surface area (Å²) in [6.07, 6.45) is 0. The van der Waals surface area contributed by atoms with E-state index in [4.69, 9.17) is 9.47 Å². The molecular weight excluding hydrogens is 244 g/mol. The van der Waals surface area contributed by atoms with Gasteiger partial charge in [-0.2, -0.15) is 5.10 Å². The number of carbonyl (C=O) groups excluding carboxylic acids is 1. The molecule has 1 aromatic heterocycles. The highest BCUT2D eigenvalue weighted by Crippen LogP contribution is 2.18. The lowest BCUT2D eigenvalue weighted by Crippen LogP contribution is -2.06. The van der Waals surface area contributed by atoms with Gasteiger partial charge in [0.05, 0.1) is 19.4 Å². The largest absolute Gasteiger partial charge is 0.497 e. The van der Waals surface area contributed by atoms with Crippen LogP contribution in [-0.4, -0.2) is 29.5 Å². The maximum absolute atomic E-state index is 11.6. The Hall–Kier alpha value is -2.30. The number of esters is 1. The van der Waals surface area contributed by atoms with Gasteiger partial charge in [0, 0.05) is 11.8 Å². The molecule has 2 rings (SSSR count). The van der Waals surface area contributed by atoms with Crippen LogP contribution in [0.25, 0.3) is 5.69 Å². The molecule has 2 aromatic rings. The maximum atomic E-state index is 11.6. The molecule has 0 saturated carbocycles. The molecular formula is C14H16N2O3. The minimum atomic E-state index is -0.410. The standard InChI is InChI=1S/C14H16N2O3/c1-4-19-14(17)13-8-10(2)16(15-13)11-6-5-7-12(9-11)18-3/h5-9H,4H2,1-3H3. The summed E-state index contributed by atoms with van der Waals surface area (Å²) in [7, 11) is 1.61. The van der Waals surface area contributed by atoms with Crippen LogP contribution in [0.2, 0.25) is 0 Å². The van der Waals surface area contributed by atoms with E-state index in [0.717, 1.165) is 17.1 Å². The number of nitrogens with zero attached hydrogens (tertiary/aromatic N) is 2. The summed E-state index contributed by atoms with van der Waals surface area (Å²) in [5, 5.41) is 4.26. The van der Waals surface area contributed by atoms with Gasteiger partial charge < -0.3 is 9.47 Å². The number of aromatic nitrogens is 2. The lowest BCUT2D eigenvalue weighted by Gasteiger charge is -2.06. The molecule has 0 aliphatic rings. The van der Waals surface area contributed by atoms with Gasteiger partial charge in [-0.3, -0.25) is 0 Å². The van der Waals surface area contributed by atoms with Crippen molar-refractivity contribution in [1.82, 2.24) is 9.78 Å². The van der Waals surface area contributed by atoms with Crippen LogP contribution in [0.15, 0.2) is 30.3 Å². The monoisotopic (exact) mass is 260 g/mol. The lowest BCUT2D eigenvalue weighted by molar-refractivity contribution is 0.0519. The van der Waals surface area contributed by atoms with Gasteiger partial charge in [0.2, 0.25) is 0 Å². The van der Waals surface area contributed by atoms with Gasteiger partial charge in [-0.25, -0.2) is 9.48 Å². The summed E-state index contributed by atoms with van der Waals surface area (Å²) < 4.78 is 11.8. The van der Waals surface area contributed by atoms with Crippen molar-refractivity contribution in [3.63, 3.8) is 0 Å². The summed E-state index contributed by atoms with van der Waals surface area (Å²) in [5.74, 6) is 0.331. The van der Waals surface area contributed by atoms with E-state index in [9.17, 15) is 4.79 Å². The predicted octanol–water partition coefficient (Wildman–Crippen LogP) is 2.37. The van der Waals surface area contributed by atoms with Crippen LogP contribution in [0, 0.1) is 6.92 Å². The van der Waals surface area contributed by atoms with E-state index >= 15 is 0 Å². The maximum Gasteiger partial charge on any atom is 0.358 e. The van der Waals surface area contributed by atoms with Gasteiger partial charge in [-0.15, -0.1) is 0 Å². The van der Waals surface area contributed by atoms with Crippen LogP contribution >= 0.6 is 0 Å². The lowest BCUT2D eigenvalue weighted by atomic mass is 10.3. The number of benzene rings is 1. The van der Waals surface area contributed by atoms with E-state index < -0.39 is 5.97 Å². The molecule has 5 nitrogen and oxygen atoms in total. The zero-order valence-corrected chi connectivity index (χ0v) is 11.2. The third-order valence-electron chi connectivity index (χ3n) is 2.67. The first-order chi connectivity index (χ1) is 9.15. The first kappa shape index (κ1) is 13.1. The molecule has 19 heavy (non-hydrogen) atoms. The van der Waals surface area contributed by atoms with Crippen LogP contribution in [-0.2, 0) is 4.74 Å². The van der Waals surface area contributed by atoms with Crippen molar-refractivity contribution >= 4 is 5.97 Å². The second-order valence-electron chi connectivity index (χ2n) is 4.00. The highest BCUT2D eigenvalue weighted by atomic mass is 16.5. The van der Waals surface area contributed by atoms with Gasteiger partial charge in [-0.1, -0.05) is 6.07 Å². The second-order valence-corrected chi connectivity index (χ2v) is 4.00. The summed E-state index contributed by atoms with van der Waals surface area (Å²) in [6, 6.07) is 9.19. The Balaban J connectivity index is 2.37. The van der Waals surface area contributed by atoms with Crippen molar-refractivity contribution < 1.29 is 14.3 Å². The summed E-state index contributed by atoms with van der Waals surface area (Å²) >= 11 is 0. The molecule has 0 N–H and O–H groups in total. The van der Waals surface area contributed by atoms with Crippen molar-refractivity contribution in [1.29, 1.82) is 0 Å². The number of hydrogen-bond acceptors (Lipinski definition) is 4. The molecule has 0 atom stereocenters. The molecule has 5 heteroatoms. The van der Waals surface area contributed by atoms with Crippen molar-refractivity contribution in [2.24, 2.45) is 0 Å². The highest BCUT2D eigenvalue weighted by molar-refractivity contribution is 5.87. The molecule has 0 amide bonds. The Bertz CT molecular complexity index is 590. The van der Waals surface area contributed by atoms with Crippen LogP contribution in [0.4, 0.5) is 0 Å². The average Bonchev–Trinajstić information content (AvgIpc) is 2.81. The molecule has 0 unspecified atom stereocenters. The van der Waals surface area contributed by atoms with Gasteiger partial charge >= 0.3 is 5.97 Å². The van der Waals surface area contributed by atoms with E-state index in [1.54, 1.807) is 24.8 Å². The van der Waals surface area contributed by atoms with E-state index in [1.165, 1.54) is 0 Å². The quantitative estimate of drug-likeness (QED) is 0.792. The van der Waals surface area contributed by atoms with E-state index in [2.05, 4.69) is 5.10 Å². The zero-order chi connectivity index (χ0) is 13.8. The fraction of sp³-hybridized carbons (Fsp3) is 0.286. The molecule has 0 saturated heterocycles. The summed E-state index contributed by atoms with van der Waals surface area (Å²) in [6.45, 7) is 3.99. The summed E-state index contributed by atoms with van der Waals surface area (Å²) in [4.78, 5) is 11.6. The molecule has 0 fully saturated rings. The van der Waals surface area contributed by atoms with Crippen molar-refractivity contribution in [3.8, 4) is 11.4 Å². The first-order valence-corrected chi connectivity index (χ1v) is 6.04. The van der Waals surface area contributed by atoms with Crippen LogP contribution in [0.1, 0.15) is 23.1 Å². The number of methoxy groups -OCH3 is 1. The normalized spacial score (nSPS) is 10.3. The molecule has 0 aliphatic carbocycles. The molecule has 0 aliphatic heterocycles. The number of ether oxygens (including phenoxy) is 2. The second kappa shape index (κ2) is 5.56. The Kier molecular flexibility index (Phi) is 3.85. The van der Waals surface area contributed by atoms with Crippen molar-refractivity contribution in [2.75, 3.05) is 13.7 Å². The van der Waals surface area contributed by atoms with Crippen LogP contribution < -0.4 is 4.74 Å². The van der Waals surface area contributed by atoms with Crippen LogP contribution in [0.5, 0.6) is 5.75 Å². The summed E-state index contributed by atoms with van der Waals surface area (Å²) in [5.41, 5.74) is 2.01. The van der Waals surface area contributed by atoms with Gasteiger partial charge in [0.1, 0.15) is 5.75 Å². The Morgan fingerprint density at radius 3 is 2.84 bits per heavy atom. The number of hydrogen-bond donors (Lipinski definition) is 0. The minimum Gasteiger partial charge on any atom is -0.497 e. The van der Waals surface area contributed by atoms with E-state index in [1.807, 2.05) is 31.2 Å². The van der Waals surface area contributed by atoms with Crippen LogP contribution in [0.3, 0.4) is 0 Å². The average molecular weight is 260 g/mol. The zero-order valence-electron chi connectivity index (χ0n) is 11.2. The topological polar surface area (TPSA) is 53.4 Å². The number of rotatable bonds is 4. The SMILES string of the molecule is CCOC(=O)c1cc(C)n(-c2cccc(OC)c2)n1. The Morgan fingerprint density at radius 2 is 2.16 bits per heavy atom. The van der Waals surface area contributed by atoms with Crippen molar-refractivity contribution in [2.45, 2.75) is 13.8 Å².